The maximum Gasteiger partial charge on any atom is 0.136 e. The zero-order valence-corrected chi connectivity index (χ0v) is 11.4. The van der Waals surface area contributed by atoms with E-state index in [4.69, 9.17) is 10.00 Å². The first-order chi connectivity index (χ1) is 8.83. The Balaban J connectivity index is 1.95. The Kier molecular flexibility index (Phi) is 4.91. The number of nitrogens with zero attached hydrogens (tertiary/aromatic N) is 1. The van der Waals surface area contributed by atoms with Crippen LogP contribution in [0.2, 0.25) is 0 Å². The lowest BCUT2D eigenvalue weighted by Gasteiger charge is -2.22. The molecule has 0 amide bonds. The molecular weight excluding hydrogens is 244 g/mol. The van der Waals surface area contributed by atoms with Gasteiger partial charge in [0.15, 0.2) is 0 Å². The molecule has 18 heavy (non-hydrogen) atoms. The molecule has 0 saturated carbocycles. The molecule has 1 aliphatic rings. The van der Waals surface area contributed by atoms with Crippen molar-refractivity contribution in [1.82, 2.24) is 5.32 Å². The second-order valence-corrected chi connectivity index (χ2v) is 5.59. The van der Waals surface area contributed by atoms with Crippen molar-refractivity contribution in [1.29, 1.82) is 5.26 Å². The molecule has 4 heteroatoms. The van der Waals surface area contributed by atoms with Gasteiger partial charge in [0.1, 0.15) is 11.8 Å². The lowest BCUT2D eigenvalue weighted by molar-refractivity contribution is 0.413. The van der Waals surface area contributed by atoms with Crippen LogP contribution >= 0.6 is 11.8 Å². The predicted molar refractivity (Wildman–Crippen MR) is 74.9 cm³/mol. The second-order valence-electron chi connectivity index (χ2n) is 4.44. The minimum atomic E-state index is 0.606. The number of benzene rings is 1. The fourth-order valence-electron chi connectivity index (χ4n) is 2.12. The molecule has 3 nitrogen and oxygen atoms in total. The highest BCUT2D eigenvalue weighted by Gasteiger charge is 2.13. The second kappa shape index (κ2) is 6.67. The molecule has 96 valence electrons. The normalized spacial score (nSPS) is 19.2. The number of hydrogen-bond donors (Lipinski definition) is 1. The quantitative estimate of drug-likeness (QED) is 0.905. The highest BCUT2D eigenvalue weighted by molar-refractivity contribution is 7.99. The Hall–Kier alpha value is -1.18. The van der Waals surface area contributed by atoms with Crippen LogP contribution in [-0.2, 0) is 6.54 Å². The molecule has 1 aliphatic heterocycles. The van der Waals surface area contributed by atoms with Gasteiger partial charge in [0, 0.05) is 18.3 Å². The molecule has 1 heterocycles. The molecule has 2 rings (SSSR count). The third-order valence-corrected chi connectivity index (χ3v) is 4.35. The molecular formula is C14H18N2OS. The summed E-state index contributed by atoms with van der Waals surface area (Å²) in [6.07, 6.45) is 2.56. The first-order valence-corrected chi connectivity index (χ1v) is 7.37. The molecule has 1 N–H and O–H groups in total. The fourth-order valence-corrected chi connectivity index (χ4v) is 3.22. The minimum Gasteiger partial charge on any atom is -0.495 e. The van der Waals surface area contributed by atoms with Crippen molar-refractivity contribution in [2.45, 2.75) is 25.4 Å². The minimum absolute atomic E-state index is 0.606. The average molecular weight is 262 g/mol. The maximum atomic E-state index is 9.04. The van der Waals surface area contributed by atoms with Crippen LogP contribution in [-0.4, -0.2) is 24.7 Å². The van der Waals surface area contributed by atoms with Crippen LogP contribution in [0.15, 0.2) is 18.2 Å². The summed E-state index contributed by atoms with van der Waals surface area (Å²) in [4.78, 5) is 0. The van der Waals surface area contributed by atoms with Crippen molar-refractivity contribution in [3.8, 4) is 11.8 Å². The molecule has 1 aromatic rings. The summed E-state index contributed by atoms with van der Waals surface area (Å²) < 4.78 is 5.14. The van der Waals surface area contributed by atoms with E-state index in [0.29, 0.717) is 17.4 Å². The fraction of sp³-hybridized carbons (Fsp3) is 0.500. The molecule has 0 aromatic heterocycles. The topological polar surface area (TPSA) is 45.0 Å². The van der Waals surface area contributed by atoms with Crippen molar-refractivity contribution in [3.05, 3.63) is 29.3 Å². The van der Waals surface area contributed by atoms with Gasteiger partial charge in [-0.25, -0.2) is 0 Å². The van der Waals surface area contributed by atoms with Crippen LogP contribution in [0.4, 0.5) is 0 Å². The number of rotatable bonds is 4. The van der Waals surface area contributed by atoms with E-state index in [1.165, 1.54) is 24.3 Å². The number of hydrogen-bond acceptors (Lipinski definition) is 4. The first kappa shape index (κ1) is 13.3. The van der Waals surface area contributed by atoms with Crippen LogP contribution in [0.1, 0.15) is 24.0 Å². The summed E-state index contributed by atoms with van der Waals surface area (Å²) in [5.41, 5.74) is 1.75. The number of methoxy groups -OCH3 is 1. The Bertz CT molecular complexity index is 436. The van der Waals surface area contributed by atoms with E-state index in [1.807, 2.05) is 30.0 Å². The van der Waals surface area contributed by atoms with Gasteiger partial charge in [-0.15, -0.1) is 0 Å². The summed E-state index contributed by atoms with van der Waals surface area (Å²) in [6, 6.07) is 8.56. The van der Waals surface area contributed by atoms with Gasteiger partial charge in [-0.2, -0.15) is 17.0 Å². The van der Waals surface area contributed by atoms with Gasteiger partial charge in [-0.3, -0.25) is 0 Å². The van der Waals surface area contributed by atoms with Gasteiger partial charge >= 0.3 is 0 Å². The number of nitrogens with one attached hydrogen (secondary N) is 1. The largest absolute Gasteiger partial charge is 0.495 e. The monoisotopic (exact) mass is 262 g/mol. The zero-order chi connectivity index (χ0) is 12.8. The van der Waals surface area contributed by atoms with E-state index in [9.17, 15) is 0 Å². The maximum absolute atomic E-state index is 9.04. The highest BCUT2D eigenvalue weighted by atomic mass is 32.2. The van der Waals surface area contributed by atoms with Gasteiger partial charge in [-0.05, 0) is 36.3 Å². The zero-order valence-electron chi connectivity index (χ0n) is 10.6. The Labute approximate surface area is 113 Å². The molecule has 1 aromatic carbocycles. The number of nitriles is 1. The summed E-state index contributed by atoms with van der Waals surface area (Å²) >= 11 is 2.02. The van der Waals surface area contributed by atoms with Gasteiger partial charge in [0.05, 0.1) is 12.7 Å². The summed E-state index contributed by atoms with van der Waals surface area (Å²) in [6.45, 7) is 0.823. The Morgan fingerprint density at radius 2 is 2.44 bits per heavy atom. The molecule has 0 spiro atoms. The SMILES string of the molecule is COc1ccc(CNC2CCCSC2)cc1C#N. The predicted octanol–water partition coefficient (Wildman–Crippen LogP) is 2.55. The van der Waals surface area contributed by atoms with E-state index < -0.39 is 0 Å². The highest BCUT2D eigenvalue weighted by Crippen LogP contribution is 2.20. The van der Waals surface area contributed by atoms with Crippen molar-refractivity contribution in [2.24, 2.45) is 0 Å². The van der Waals surface area contributed by atoms with Crippen LogP contribution in [0.3, 0.4) is 0 Å². The van der Waals surface area contributed by atoms with Gasteiger partial charge in [0.2, 0.25) is 0 Å². The van der Waals surface area contributed by atoms with E-state index in [0.717, 1.165) is 12.1 Å². The lowest BCUT2D eigenvalue weighted by atomic mass is 10.1. The molecule has 0 radical (unpaired) electrons. The Morgan fingerprint density at radius 1 is 1.56 bits per heavy atom. The van der Waals surface area contributed by atoms with Crippen LogP contribution in [0.25, 0.3) is 0 Å². The van der Waals surface area contributed by atoms with Crippen LogP contribution in [0, 0.1) is 11.3 Å². The van der Waals surface area contributed by atoms with Crippen molar-refractivity contribution in [3.63, 3.8) is 0 Å². The molecule has 0 aliphatic carbocycles. The third-order valence-electron chi connectivity index (χ3n) is 3.14. The van der Waals surface area contributed by atoms with Gasteiger partial charge in [0.25, 0.3) is 0 Å². The Morgan fingerprint density at radius 3 is 3.11 bits per heavy atom. The van der Waals surface area contributed by atoms with Gasteiger partial charge in [-0.1, -0.05) is 6.07 Å². The molecule has 1 fully saturated rings. The smallest absolute Gasteiger partial charge is 0.136 e. The summed E-state index contributed by atoms with van der Waals surface area (Å²) in [5.74, 6) is 3.13. The van der Waals surface area contributed by atoms with Gasteiger partial charge < -0.3 is 10.1 Å². The lowest BCUT2D eigenvalue weighted by Crippen LogP contribution is -2.33. The van der Waals surface area contributed by atoms with E-state index >= 15 is 0 Å². The molecule has 1 atom stereocenters. The van der Waals surface area contributed by atoms with E-state index in [2.05, 4.69) is 11.4 Å². The van der Waals surface area contributed by atoms with Crippen molar-refractivity contribution >= 4 is 11.8 Å². The number of thioether (sulfide) groups is 1. The standard InChI is InChI=1S/C14H18N2OS/c1-17-14-5-4-11(7-12(14)8-15)9-16-13-3-2-6-18-10-13/h4-5,7,13,16H,2-3,6,9-10H2,1H3. The average Bonchev–Trinajstić information content (AvgIpc) is 2.45. The number of ether oxygens (including phenoxy) is 1. The summed E-state index contributed by atoms with van der Waals surface area (Å²) in [7, 11) is 1.59. The van der Waals surface area contributed by atoms with Crippen molar-refractivity contribution in [2.75, 3.05) is 18.6 Å². The molecule has 1 saturated heterocycles. The third kappa shape index (κ3) is 3.41. The van der Waals surface area contributed by atoms with Crippen LogP contribution < -0.4 is 10.1 Å². The first-order valence-electron chi connectivity index (χ1n) is 6.21. The molecule has 0 bridgehead atoms. The summed E-state index contributed by atoms with van der Waals surface area (Å²) in [5, 5.41) is 12.6. The van der Waals surface area contributed by atoms with Crippen molar-refractivity contribution < 1.29 is 4.74 Å². The van der Waals surface area contributed by atoms with Crippen LogP contribution in [0.5, 0.6) is 5.75 Å². The van der Waals surface area contributed by atoms with E-state index in [1.54, 1.807) is 7.11 Å². The van der Waals surface area contributed by atoms with E-state index in [-0.39, 0.29) is 0 Å². The molecule has 1 unspecified atom stereocenters.